The van der Waals surface area contributed by atoms with E-state index in [1.807, 2.05) is 13.0 Å². The molecule has 0 aliphatic heterocycles. The van der Waals surface area contributed by atoms with Gasteiger partial charge in [0.25, 0.3) is 5.91 Å². The lowest BCUT2D eigenvalue weighted by atomic mass is 10.0. The van der Waals surface area contributed by atoms with Crippen LogP contribution in [0.25, 0.3) is 0 Å². The molecule has 0 spiro atoms. The first kappa shape index (κ1) is 17.0. The van der Waals surface area contributed by atoms with Crippen LogP contribution >= 0.6 is 0 Å². The van der Waals surface area contributed by atoms with Crippen molar-refractivity contribution in [1.29, 1.82) is 0 Å². The lowest BCUT2D eigenvalue weighted by Gasteiger charge is -2.20. The van der Waals surface area contributed by atoms with Crippen LogP contribution in [0.4, 0.5) is 0 Å². The predicted molar refractivity (Wildman–Crippen MR) is 87.7 cm³/mol. The zero-order chi connectivity index (χ0) is 15.8. The average Bonchev–Trinajstić information content (AvgIpc) is 2.44. The molecule has 1 aromatic carbocycles. The van der Waals surface area contributed by atoms with E-state index in [-0.39, 0.29) is 12.5 Å². The molecular formula is C18H25NO2. The number of amides is 1. The summed E-state index contributed by atoms with van der Waals surface area (Å²) in [5.41, 5.74) is 2.24. The maximum absolute atomic E-state index is 12.2. The first-order valence-corrected chi connectivity index (χ1v) is 7.22. The molecule has 0 heterocycles. The van der Waals surface area contributed by atoms with Gasteiger partial charge >= 0.3 is 0 Å². The largest absolute Gasteiger partial charge is 0.483 e. The number of aryl methyl sites for hydroxylation is 1. The van der Waals surface area contributed by atoms with E-state index in [4.69, 9.17) is 4.74 Å². The third kappa shape index (κ3) is 5.10. The second-order valence-corrected chi connectivity index (χ2v) is 5.36. The predicted octanol–water partition coefficient (Wildman–Crippen LogP) is 3.70. The summed E-state index contributed by atoms with van der Waals surface area (Å²) in [5.74, 6) is 1.08. The summed E-state index contributed by atoms with van der Waals surface area (Å²) < 4.78 is 5.75. The molecule has 0 aliphatic carbocycles. The van der Waals surface area contributed by atoms with E-state index in [1.165, 1.54) is 0 Å². The van der Waals surface area contributed by atoms with Crippen LogP contribution in [0.3, 0.4) is 0 Å². The molecule has 0 saturated carbocycles. The van der Waals surface area contributed by atoms with Crippen LogP contribution in [-0.4, -0.2) is 30.5 Å². The Kier molecular flexibility index (Phi) is 6.73. The maximum atomic E-state index is 12.2. The third-order valence-corrected chi connectivity index (χ3v) is 3.19. The fourth-order valence-corrected chi connectivity index (χ4v) is 2.06. The molecule has 0 bridgehead atoms. The van der Waals surface area contributed by atoms with Crippen molar-refractivity contribution in [2.24, 2.45) is 0 Å². The number of hydrogen-bond acceptors (Lipinski definition) is 2. The Morgan fingerprint density at radius 1 is 1.29 bits per heavy atom. The quantitative estimate of drug-likeness (QED) is 0.682. The van der Waals surface area contributed by atoms with E-state index >= 15 is 0 Å². The summed E-state index contributed by atoms with van der Waals surface area (Å²) >= 11 is 0. The minimum absolute atomic E-state index is 0.0326. The lowest BCUT2D eigenvalue weighted by molar-refractivity contribution is -0.132. The molecule has 1 amide bonds. The van der Waals surface area contributed by atoms with Crippen LogP contribution in [0.2, 0.25) is 0 Å². The molecule has 0 fully saturated rings. The van der Waals surface area contributed by atoms with E-state index in [1.54, 1.807) is 17.1 Å². The van der Waals surface area contributed by atoms with Crippen molar-refractivity contribution in [3.05, 3.63) is 54.6 Å². The normalized spacial score (nSPS) is 10.3. The molecule has 0 N–H and O–H groups in total. The standard InChI is InChI=1S/C18H25NO2/c1-6-10-19(11-7-2)18(20)13-21-17-12-15(5)8-9-16(17)14(3)4/h6-9,12,14H,1-2,10-11,13H2,3-5H3. The summed E-state index contributed by atoms with van der Waals surface area (Å²) in [6, 6.07) is 6.10. The number of nitrogens with zero attached hydrogens (tertiary/aromatic N) is 1. The second kappa shape index (κ2) is 8.30. The van der Waals surface area contributed by atoms with Crippen molar-refractivity contribution >= 4 is 5.91 Å². The Labute approximate surface area is 127 Å². The number of rotatable bonds is 8. The number of benzene rings is 1. The summed E-state index contributed by atoms with van der Waals surface area (Å²) in [5, 5.41) is 0. The van der Waals surface area contributed by atoms with E-state index < -0.39 is 0 Å². The zero-order valence-corrected chi connectivity index (χ0v) is 13.3. The maximum Gasteiger partial charge on any atom is 0.261 e. The van der Waals surface area contributed by atoms with Gasteiger partial charge in [0, 0.05) is 13.1 Å². The van der Waals surface area contributed by atoms with Gasteiger partial charge in [0.1, 0.15) is 5.75 Å². The number of ether oxygens (including phenoxy) is 1. The van der Waals surface area contributed by atoms with Crippen molar-refractivity contribution in [3.8, 4) is 5.75 Å². The smallest absolute Gasteiger partial charge is 0.261 e. The van der Waals surface area contributed by atoms with Gasteiger partial charge in [-0.2, -0.15) is 0 Å². The molecule has 21 heavy (non-hydrogen) atoms. The number of carbonyl (C=O) groups excluding carboxylic acids is 1. The Morgan fingerprint density at radius 2 is 1.90 bits per heavy atom. The molecule has 0 radical (unpaired) electrons. The van der Waals surface area contributed by atoms with Crippen LogP contribution < -0.4 is 4.74 Å². The van der Waals surface area contributed by atoms with Crippen molar-refractivity contribution in [2.45, 2.75) is 26.7 Å². The summed E-state index contributed by atoms with van der Waals surface area (Å²) in [7, 11) is 0. The van der Waals surface area contributed by atoms with Crippen LogP contribution in [0.1, 0.15) is 30.9 Å². The molecule has 0 atom stereocenters. The molecule has 114 valence electrons. The van der Waals surface area contributed by atoms with Gasteiger partial charge in [-0.1, -0.05) is 38.1 Å². The topological polar surface area (TPSA) is 29.5 Å². The highest BCUT2D eigenvalue weighted by Gasteiger charge is 2.14. The second-order valence-electron chi connectivity index (χ2n) is 5.36. The number of carbonyl (C=O) groups is 1. The van der Waals surface area contributed by atoms with Crippen molar-refractivity contribution in [3.63, 3.8) is 0 Å². The Balaban J connectivity index is 2.77. The van der Waals surface area contributed by atoms with Crippen LogP contribution in [0.5, 0.6) is 5.75 Å². The zero-order valence-electron chi connectivity index (χ0n) is 13.3. The molecule has 0 aromatic heterocycles. The van der Waals surface area contributed by atoms with Crippen molar-refractivity contribution in [1.82, 2.24) is 4.90 Å². The van der Waals surface area contributed by atoms with Gasteiger partial charge in [-0.05, 0) is 30.0 Å². The number of hydrogen-bond donors (Lipinski definition) is 0. The van der Waals surface area contributed by atoms with Gasteiger partial charge in [-0.15, -0.1) is 13.2 Å². The van der Waals surface area contributed by atoms with Crippen molar-refractivity contribution < 1.29 is 9.53 Å². The SMILES string of the molecule is C=CCN(CC=C)C(=O)COc1cc(C)ccc1C(C)C. The third-order valence-electron chi connectivity index (χ3n) is 3.19. The van der Waals surface area contributed by atoms with E-state index in [0.717, 1.165) is 16.9 Å². The highest BCUT2D eigenvalue weighted by Crippen LogP contribution is 2.27. The fraction of sp³-hybridized carbons (Fsp3) is 0.389. The van der Waals surface area contributed by atoms with Crippen LogP contribution in [0.15, 0.2) is 43.5 Å². The minimum atomic E-state index is -0.0639. The Morgan fingerprint density at radius 3 is 2.43 bits per heavy atom. The molecule has 1 aromatic rings. The first-order chi connectivity index (χ1) is 9.99. The summed E-state index contributed by atoms with van der Waals surface area (Å²) in [6.45, 7) is 14.6. The van der Waals surface area contributed by atoms with Gasteiger partial charge in [0.15, 0.2) is 6.61 Å². The molecule has 3 heteroatoms. The highest BCUT2D eigenvalue weighted by atomic mass is 16.5. The molecular weight excluding hydrogens is 262 g/mol. The van der Waals surface area contributed by atoms with E-state index in [0.29, 0.717) is 19.0 Å². The lowest BCUT2D eigenvalue weighted by Crippen LogP contribution is -2.35. The van der Waals surface area contributed by atoms with Gasteiger partial charge in [0.05, 0.1) is 0 Å². The fourth-order valence-electron chi connectivity index (χ4n) is 2.06. The Hall–Kier alpha value is -2.03. The van der Waals surface area contributed by atoms with E-state index in [2.05, 4.69) is 39.1 Å². The van der Waals surface area contributed by atoms with E-state index in [9.17, 15) is 4.79 Å². The summed E-state index contributed by atoms with van der Waals surface area (Å²) in [6.07, 6.45) is 3.40. The van der Waals surface area contributed by atoms with Crippen molar-refractivity contribution in [2.75, 3.05) is 19.7 Å². The molecule has 0 unspecified atom stereocenters. The monoisotopic (exact) mass is 287 g/mol. The summed E-state index contributed by atoms with van der Waals surface area (Å²) in [4.78, 5) is 13.8. The average molecular weight is 287 g/mol. The van der Waals surface area contributed by atoms with Crippen LogP contribution in [-0.2, 0) is 4.79 Å². The van der Waals surface area contributed by atoms with Gasteiger partial charge in [0.2, 0.25) is 0 Å². The molecule has 0 saturated heterocycles. The molecule has 1 rings (SSSR count). The van der Waals surface area contributed by atoms with Gasteiger partial charge in [-0.25, -0.2) is 0 Å². The van der Waals surface area contributed by atoms with Crippen LogP contribution in [0, 0.1) is 6.92 Å². The van der Waals surface area contributed by atoms with Gasteiger partial charge in [-0.3, -0.25) is 4.79 Å². The highest BCUT2D eigenvalue weighted by molar-refractivity contribution is 5.78. The minimum Gasteiger partial charge on any atom is -0.483 e. The van der Waals surface area contributed by atoms with Gasteiger partial charge < -0.3 is 9.64 Å². The Bertz CT molecular complexity index is 496. The molecule has 3 nitrogen and oxygen atoms in total. The molecule has 0 aliphatic rings. The first-order valence-electron chi connectivity index (χ1n) is 7.22.